The van der Waals surface area contributed by atoms with Crippen LogP contribution in [0, 0.1) is 0 Å². The van der Waals surface area contributed by atoms with Crippen molar-refractivity contribution in [1.29, 1.82) is 0 Å². The number of aldehydes is 1. The van der Waals surface area contributed by atoms with E-state index in [1.165, 1.54) is 0 Å². The molecule has 0 fully saturated rings. The summed E-state index contributed by atoms with van der Waals surface area (Å²) in [4.78, 5) is 22.6. The highest BCUT2D eigenvalue weighted by molar-refractivity contribution is 6.01. The molecule has 0 aliphatic heterocycles. The molecular formula is C14H19NO4. The van der Waals surface area contributed by atoms with Gasteiger partial charge in [0.15, 0.2) is 6.29 Å². The lowest BCUT2D eigenvalue weighted by molar-refractivity contribution is 0.0531. The van der Waals surface area contributed by atoms with E-state index in [1.807, 2.05) is 6.92 Å². The lowest BCUT2D eigenvalue weighted by Crippen LogP contribution is -2.28. The van der Waals surface area contributed by atoms with Crippen LogP contribution >= 0.6 is 0 Å². The van der Waals surface area contributed by atoms with Crippen molar-refractivity contribution in [2.45, 2.75) is 6.92 Å². The summed E-state index contributed by atoms with van der Waals surface area (Å²) < 4.78 is 10.4. The van der Waals surface area contributed by atoms with Gasteiger partial charge in [-0.3, -0.25) is 9.59 Å². The third kappa shape index (κ3) is 5.63. The maximum absolute atomic E-state index is 11.8. The summed E-state index contributed by atoms with van der Waals surface area (Å²) in [5.74, 6) is -0.267. The first-order valence-corrected chi connectivity index (χ1v) is 6.27. The van der Waals surface area contributed by atoms with Crippen LogP contribution in [-0.4, -0.2) is 45.2 Å². The Morgan fingerprint density at radius 1 is 1.21 bits per heavy atom. The molecule has 1 aromatic rings. The predicted molar refractivity (Wildman–Crippen MR) is 71.5 cm³/mol. The van der Waals surface area contributed by atoms with Crippen LogP contribution in [0.2, 0.25) is 0 Å². The maximum Gasteiger partial charge on any atom is 0.252 e. The zero-order chi connectivity index (χ0) is 13.9. The van der Waals surface area contributed by atoms with Gasteiger partial charge >= 0.3 is 0 Å². The van der Waals surface area contributed by atoms with Crippen molar-refractivity contribution in [2.24, 2.45) is 0 Å². The highest BCUT2D eigenvalue weighted by Gasteiger charge is 2.09. The fourth-order valence-corrected chi connectivity index (χ4v) is 1.50. The zero-order valence-corrected chi connectivity index (χ0v) is 11.1. The van der Waals surface area contributed by atoms with Crippen molar-refractivity contribution in [3.63, 3.8) is 0 Å². The molecular weight excluding hydrogens is 246 g/mol. The smallest absolute Gasteiger partial charge is 0.252 e. The van der Waals surface area contributed by atoms with Crippen molar-refractivity contribution in [3.05, 3.63) is 35.4 Å². The van der Waals surface area contributed by atoms with Crippen LogP contribution in [0.5, 0.6) is 0 Å². The normalized spacial score (nSPS) is 10.2. The van der Waals surface area contributed by atoms with Crippen molar-refractivity contribution in [3.8, 4) is 0 Å². The molecule has 0 heterocycles. The Bertz CT molecular complexity index is 406. The molecule has 0 bridgehead atoms. The van der Waals surface area contributed by atoms with E-state index in [0.717, 1.165) is 0 Å². The molecule has 19 heavy (non-hydrogen) atoms. The molecule has 0 saturated carbocycles. The van der Waals surface area contributed by atoms with Gasteiger partial charge in [-0.05, 0) is 13.0 Å². The summed E-state index contributed by atoms with van der Waals surface area (Å²) in [5, 5.41) is 2.70. The van der Waals surface area contributed by atoms with Crippen molar-refractivity contribution in [2.75, 3.05) is 33.0 Å². The van der Waals surface area contributed by atoms with Gasteiger partial charge in [-0.1, -0.05) is 18.2 Å². The van der Waals surface area contributed by atoms with E-state index < -0.39 is 0 Å². The molecule has 0 aliphatic carbocycles. The molecule has 0 unspecified atom stereocenters. The molecule has 5 heteroatoms. The fourth-order valence-electron chi connectivity index (χ4n) is 1.50. The Kier molecular flexibility index (Phi) is 7.46. The largest absolute Gasteiger partial charge is 0.379 e. The van der Waals surface area contributed by atoms with Gasteiger partial charge < -0.3 is 14.8 Å². The summed E-state index contributed by atoms with van der Waals surface area (Å²) in [6.45, 7) is 4.47. The fraction of sp³-hybridized carbons (Fsp3) is 0.429. The van der Waals surface area contributed by atoms with E-state index >= 15 is 0 Å². The quantitative estimate of drug-likeness (QED) is 0.539. The summed E-state index contributed by atoms with van der Waals surface area (Å²) in [6, 6.07) is 6.67. The van der Waals surface area contributed by atoms with Crippen LogP contribution in [0.3, 0.4) is 0 Å². The van der Waals surface area contributed by atoms with Crippen molar-refractivity contribution >= 4 is 12.2 Å². The molecule has 5 nitrogen and oxygen atoms in total. The standard InChI is InChI=1S/C14H19NO4/c1-2-18-9-10-19-8-7-15-14(17)13-6-4-3-5-12(13)11-16/h3-6,11H,2,7-10H2,1H3,(H,15,17). The number of rotatable bonds is 9. The SMILES string of the molecule is CCOCCOCCNC(=O)c1ccccc1C=O. The number of carbonyl (C=O) groups excluding carboxylic acids is 2. The average Bonchev–Trinajstić information content (AvgIpc) is 2.46. The Hall–Kier alpha value is -1.72. The Morgan fingerprint density at radius 2 is 1.95 bits per heavy atom. The number of amides is 1. The maximum atomic E-state index is 11.8. The molecule has 0 aromatic heterocycles. The summed E-state index contributed by atoms with van der Waals surface area (Å²) in [5.41, 5.74) is 0.768. The summed E-state index contributed by atoms with van der Waals surface area (Å²) in [6.07, 6.45) is 0.674. The summed E-state index contributed by atoms with van der Waals surface area (Å²) in [7, 11) is 0. The third-order valence-corrected chi connectivity index (χ3v) is 2.44. The van der Waals surface area contributed by atoms with Gasteiger partial charge in [-0.15, -0.1) is 0 Å². The van der Waals surface area contributed by atoms with E-state index in [2.05, 4.69) is 5.32 Å². The van der Waals surface area contributed by atoms with Crippen LogP contribution in [0.25, 0.3) is 0 Å². The van der Waals surface area contributed by atoms with E-state index in [1.54, 1.807) is 24.3 Å². The molecule has 1 aromatic carbocycles. The second kappa shape index (κ2) is 9.24. The Balaban J connectivity index is 2.26. The molecule has 1 N–H and O–H groups in total. The molecule has 0 saturated heterocycles. The van der Waals surface area contributed by atoms with Gasteiger partial charge in [0, 0.05) is 24.3 Å². The van der Waals surface area contributed by atoms with Crippen molar-refractivity contribution < 1.29 is 19.1 Å². The minimum atomic E-state index is -0.267. The van der Waals surface area contributed by atoms with E-state index in [-0.39, 0.29) is 5.91 Å². The minimum absolute atomic E-state index is 0.267. The molecule has 0 spiro atoms. The summed E-state index contributed by atoms with van der Waals surface area (Å²) >= 11 is 0. The second-order valence-corrected chi connectivity index (χ2v) is 3.77. The molecule has 0 radical (unpaired) electrons. The average molecular weight is 265 g/mol. The van der Waals surface area contributed by atoms with Crippen LogP contribution in [0.4, 0.5) is 0 Å². The Morgan fingerprint density at radius 3 is 2.68 bits per heavy atom. The second-order valence-electron chi connectivity index (χ2n) is 3.77. The predicted octanol–water partition coefficient (Wildman–Crippen LogP) is 1.28. The van der Waals surface area contributed by atoms with E-state index in [4.69, 9.17) is 9.47 Å². The van der Waals surface area contributed by atoms with Crippen LogP contribution in [0.15, 0.2) is 24.3 Å². The van der Waals surface area contributed by atoms with Gasteiger partial charge in [-0.25, -0.2) is 0 Å². The highest BCUT2D eigenvalue weighted by atomic mass is 16.5. The molecule has 0 atom stereocenters. The van der Waals surface area contributed by atoms with Crippen molar-refractivity contribution in [1.82, 2.24) is 5.32 Å². The van der Waals surface area contributed by atoms with E-state index in [0.29, 0.717) is 50.4 Å². The number of carbonyl (C=O) groups is 2. The van der Waals surface area contributed by atoms with Crippen LogP contribution in [-0.2, 0) is 9.47 Å². The number of nitrogens with one attached hydrogen (secondary N) is 1. The van der Waals surface area contributed by atoms with Gasteiger partial charge in [0.05, 0.1) is 19.8 Å². The van der Waals surface area contributed by atoms with Crippen LogP contribution in [0.1, 0.15) is 27.6 Å². The molecule has 1 rings (SSSR count). The van der Waals surface area contributed by atoms with Gasteiger partial charge in [0.1, 0.15) is 0 Å². The molecule has 1 amide bonds. The first-order chi connectivity index (χ1) is 9.29. The van der Waals surface area contributed by atoms with Gasteiger partial charge in [-0.2, -0.15) is 0 Å². The van der Waals surface area contributed by atoms with E-state index in [9.17, 15) is 9.59 Å². The first kappa shape index (κ1) is 15.3. The zero-order valence-electron chi connectivity index (χ0n) is 11.1. The highest BCUT2D eigenvalue weighted by Crippen LogP contribution is 2.05. The number of benzene rings is 1. The lowest BCUT2D eigenvalue weighted by Gasteiger charge is -2.07. The number of ether oxygens (including phenoxy) is 2. The van der Waals surface area contributed by atoms with Crippen LogP contribution < -0.4 is 5.32 Å². The lowest BCUT2D eigenvalue weighted by atomic mass is 10.1. The third-order valence-electron chi connectivity index (χ3n) is 2.44. The number of hydrogen-bond acceptors (Lipinski definition) is 4. The van der Waals surface area contributed by atoms with Gasteiger partial charge in [0.2, 0.25) is 0 Å². The molecule has 104 valence electrons. The topological polar surface area (TPSA) is 64.6 Å². The Labute approximate surface area is 112 Å². The first-order valence-electron chi connectivity index (χ1n) is 6.27. The minimum Gasteiger partial charge on any atom is -0.379 e. The number of hydrogen-bond donors (Lipinski definition) is 1. The monoisotopic (exact) mass is 265 g/mol. The molecule has 0 aliphatic rings. The van der Waals surface area contributed by atoms with Gasteiger partial charge in [0.25, 0.3) is 5.91 Å².